The topological polar surface area (TPSA) is 156 Å². The minimum atomic E-state index is -2.36. The van der Waals surface area contributed by atoms with E-state index in [0.29, 0.717) is 0 Å². The molecule has 8 nitrogen and oxygen atoms in total. The standard InChI is InChI=1S/C6H10O8.Sb.3H/c7-1(3(9)5(11)12)2(8)4(10)6(13)14;;;;/h1-4,7-10H,(H,11,12)(H,13,14);;;;. The molecule has 0 aliphatic heterocycles. The summed E-state index contributed by atoms with van der Waals surface area (Å²) < 4.78 is 0. The predicted octanol–water partition coefficient (Wildman–Crippen LogP) is -4.58. The molecule has 0 aromatic heterocycles. The van der Waals surface area contributed by atoms with Crippen molar-refractivity contribution in [2.75, 3.05) is 0 Å². The molecule has 0 aromatic rings. The Kier molecular flexibility index (Phi) is 7.90. The molecule has 0 saturated heterocycles. The fourth-order valence-electron chi connectivity index (χ4n) is 0.666. The number of aliphatic hydroxyl groups is 4. The molecule has 0 fully saturated rings. The van der Waals surface area contributed by atoms with Crippen molar-refractivity contribution in [1.82, 2.24) is 0 Å². The molecule has 0 spiro atoms. The van der Waals surface area contributed by atoms with Gasteiger partial charge in [-0.2, -0.15) is 0 Å². The molecule has 0 saturated carbocycles. The van der Waals surface area contributed by atoms with Gasteiger partial charge in [-0.25, -0.2) is 9.59 Å². The normalized spacial score (nSPS) is 18.1. The summed E-state index contributed by atoms with van der Waals surface area (Å²) in [7, 11) is 0. The summed E-state index contributed by atoms with van der Waals surface area (Å²) in [5, 5.41) is 51.5. The zero-order valence-corrected chi connectivity index (χ0v) is 11.6. The third-order valence-corrected chi connectivity index (χ3v) is 1.50. The quantitative estimate of drug-likeness (QED) is 0.274. The van der Waals surface area contributed by atoms with Crippen LogP contribution in [0.25, 0.3) is 0 Å². The number of aliphatic carboxylic acids is 2. The number of carboxylic acid groups (broad SMARTS) is 2. The molecule has 6 N–H and O–H groups in total. The summed E-state index contributed by atoms with van der Waals surface area (Å²) >= 11 is 0. The zero-order valence-electron chi connectivity index (χ0n) is 7.52. The van der Waals surface area contributed by atoms with E-state index >= 15 is 0 Å². The number of carboxylic acids is 2. The second-order valence-electron chi connectivity index (χ2n) is 2.55. The summed E-state index contributed by atoms with van der Waals surface area (Å²) in [4.78, 5) is 20.2. The van der Waals surface area contributed by atoms with Gasteiger partial charge in [-0.15, -0.1) is 0 Å². The second kappa shape index (κ2) is 6.97. The Bertz CT molecular complexity index is 207. The van der Waals surface area contributed by atoms with E-state index in [4.69, 9.17) is 30.6 Å². The molecule has 0 heterocycles. The summed E-state index contributed by atoms with van der Waals surface area (Å²) in [5.74, 6) is -3.68. The van der Waals surface area contributed by atoms with E-state index in [1.807, 2.05) is 0 Å². The van der Waals surface area contributed by atoms with Gasteiger partial charge >= 0.3 is 36.4 Å². The van der Waals surface area contributed by atoms with Crippen molar-refractivity contribution in [2.45, 2.75) is 24.4 Å². The number of rotatable bonds is 5. The average Bonchev–Trinajstić information content (AvgIpc) is 2.12. The Morgan fingerprint density at radius 3 is 1.07 bits per heavy atom. The van der Waals surface area contributed by atoms with Crippen LogP contribution >= 0.6 is 0 Å². The van der Waals surface area contributed by atoms with Crippen molar-refractivity contribution < 1.29 is 40.2 Å². The Morgan fingerprint density at radius 2 is 0.933 bits per heavy atom. The molecule has 4 unspecified atom stereocenters. The molecular formula is C6H13O8Sb. The zero-order chi connectivity index (χ0) is 11.5. The van der Waals surface area contributed by atoms with Crippen LogP contribution in [0.2, 0.25) is 0 Å². The van der Waals surface area contributed by atoms with Crippen molar-refractivity contribution in [2.24, 2.45) is 0 Å². The molecule has 90 valence electrons. The van der Waals surface area contributed by atoms with Gasteiger partial charge in [-0.1, -0.05) is 0 Å². The first-order chi connectivity index (χ1) is 6.29. The SMILES string of the molecule is O=C(O)C(O)C(O)C(O)C(O)C(=O)O.[SbH3]. The van der Waals surface area contributed by atoms with Crippen LogP contribution in [-0.2, 0) is 9.59 Å². The molecule has 15 heavy (non-hydrogen) atoms. The number of aliphatic hydroxyl groups excluding tert-OH is 4. The fourth-order valence-corrected chi connectivity index (χ4v) is 0.666. The van der Waals surface area contributed by atoms with Gasteiger partial charge in [0.05, 0.1) is 0 Å². The van der Waals surface area contributed by atoms with E-state index < -0.39 is 36.4 Å². The molecule has 0 amide bonds. The molecule has 0 rings (SSSR count). The molecule has 0 aromatic carbocycles. The molecule has 0 bridgehead atoms. The van der Waals surface area contributed by atoms with Crippen LogP contribution in [0.3, 0.4) is 0 Å². The maximum atomic E-state index is 10.1. The third-order valence-electron chi connectivity index (χ3n) is 1.50. The fraction of sp³-hybridized carbons (Fsp3) is 0.667. The molecule has 9 heteroatoms. The first-order valence-corrected chi connectivity index (χ1v) is 3.47. The minimum absolute atomic E-state index is 0. The second-order valence-corrected chi connectivity index (χ2v) is 2.55. The van der Waals surface area contributed by atoms with Gasteiger partial charge in [0.15, 0.2) is 12.2 Å². The van der Waals surface area contributed by atoms with E-state index in [9.17, 15) is 9.59 Å². The van der Waals surface area contributed by atoms with Crippen molar-refractivity contribution >= 4 is 36.4 Å². The van der Waals surface area contributed by atoms with Crippen molar-refractivity contribution in [3.05, 3.63) is 0 Å². The van der Waals surface area contributed by atoms with Gasteiger partial charge < -0.3 is 30.6 Å². The number of hydrogen-bond acceptors (Lipinski definition) is 6. The van der Waals surface area contributed by atoms with Gasteiger partial charge in [0.1, 0.15) is 12.2 Å². The number of carbonyl (C=O) groups is 2. The van der Waals surface area contributed by atoms with E-state index in [0.717, 1.165) is 0 Å². The number of hydrogen-bond donors (Lipinski definition) is 6. The van der Waals surface area contributed by atoms with Crippen molar-refractivity contribution in [3.8, 4) is 0 Å². The van der Waals surface area contributed by atoms with E-state index in [-0.39, 0.29) is 24.4 Å². The third kappa shape index (κ3) is 4.76. The van der Waals surface area contributed by atoms with Crippen LogP contribution in [0, 0.1) is 0 Å². The van der Waals surface area contributed by atoms with Gasteiger partial charge in [0.2, 0.25) is 0 Å². The molecule has 0 aliphatic rings. The van der Waals surface area contributed by atoms with Crippen LogP contribution in [-0.4, -0.2) is 91.4 Å². The summed E-state index contributed by atoms with van der Waals surface area (Å²) in [6, 6.07) is 0. The van der Waals surface area contributed by atoms with Crippen LogP contribution in [0.1, 0.15) is 0 Å². The van der Waals surface area contributed by atoms with Crippen LogP contribution in [0.5, 0.6) is 0 Å². The summed E-state index contributed by atoms with van der Waals surface area (Å²) in [5.41, 5.74) is 0. The maximum absolute atomic E-state index is 10.1. The van der Waals surface area contributed by atoms with E-state index in [1.165, 1.54) is 0 Å². The summed E-state index contributed by atoms with van der Waals surface area (Å²) in [6.45, 7) is 0. The van der Waals surface area contributed by atoms with Gasteiger partial charge in [0, 0.05) is 0 Å². The van der Waals surface area contributed by atoms with Crippen LogP contribution < -0.4 is 0 Å². The Labute approximate surface area is 101 Å². The van der Waals surface area contributed by atoms with Crippen molar-refractivity contribution in [1.29, 1.82) is 0 Å². The first kappa shape index (κ1) is 17.0. The molecular weight excluding hydrogens is 322 g/mol. The molecule has 4 atom stereocenters. The average molecular weight is 335 g/mol. The first-order valence-electron chi connectivity index (χ1n) is 3.47. The van der Waals surface area contributed by atoms with Crippen molar-refractivity contribution in [3.63, 3.8) is 0 Å². The van der Waals surface area contributed by atoms with E-state index in [2.05, 4.69) is 0 Å². The Morgan fingerprint density at radius 1 is 0.733 bits per heavy atom. The molecule has 0 radical (unpaired) electrons. The predicted molar refractivity (Wildman–Crippen MR) is 49.2 cm³/mol. The monoisotopic (exact) mass is 334 g/mol. The summed E-state index contributed by atoms with van der Waals surface area (Å²) in [6.07, 6.45) is -9.28. The van der Waals surface area contributed by atoms with Crippen LogP contribution in [0.15, 0.2) is 0 Å². The Hall–Kier alpha value is -0.402. The van der Waals surface area contributed by atoms with E-state index in [1.54, 1.807) is 0 Å². The Balaban J connectivity index is 0. The molecule has 0 aliphatic carbocycles. The van der Waals surface area contributed by atoms with Gasteiger partial charge in [-0.05, 0) is 0 Å². The van der Waals surface area contributed by atoms with Gasteiger partial charge in [-0.3, -0.25) is 0 Å². The van der Waals surface area contributed by atoms with Crippen LogP contribution in [0.4, 0.5) is 0 Å². The van der Waals surface area contributed by atoms with Gasteiger partial charge in [0.25, 0.3) is 0 Å².